The van der Waals surface area contributed by atoms with Crippen LogP contribution < -0.4 is 0 Å². The molecule has 1 fully saturated rings. The fourth-order valence-corrected chi connectivity index (χ4v) is 2.75. The van der Waals surface area contributed by atoms with E-state index < -0.39 is 5.60 Å². The van der Waals surface area contributed by atoms with Crippen LogP contribution in [0, 0.1) is 0 Å². The molecule has 0 bridgehead atoms. The van der Waals surface area contributed by atoms with Gasteiger partial charge in [-0.25, -0.2) is 0 Å². The summed E-state index contributed by atoms with van der Waals surface area (Å²) < 4.78 is 0. The second-order valence-corrected chi connectivity index (χ2v) is 5.71. The summed E-state index contributed by atoms with van der Waals surface area (Å²) in [6.45, 7) is 8.58. The van der Waals surface area contributed by atoms with Crippen LogP contribution in [0.25, 0.3) is 0 Å². The Morgan fingerprint density at radius 2 is 1.72 bits per heavy atom. The number of benzene rings is 1. The number of likely N-dealkylation sites (tertiary alicyclic amines) is 1. The monoisotopic (exact) mass is 247 g/mol. The molecule has 18 heavy (non-hydrogen) atoms. The number of aliphatic hydroxyl groups is 1. The third kappa shape index (κ3) is 2.76. The third-order valence-corrected chi connectivity index (χ3v) is 4.26. The zero-order valence-electron chi connectivity index (χ0n) is 11.8. The first-order chi connectivity index (χ1) is 8.55. The molecule has 100 valence electrons. The van der Waals surface area contributed by atoms with Crippen molar-refractivity contribution in [3.05, 3.63) is 35.4 Å². The Labute approximate surface area is 111 Å². The Bertz CT molecular complexity index is 375. The number of piperidine rings is 1. The van der Waals surface area contributed by atoms with Gasteiger partial charge in [0.25, 0.3) is 0 Å². The summed E-state index contributed by atoms with van der Waals surface area (Å²) in [6, 6.07) is 9.06. The molecule has 0 aromatic heterocycles. The number of rotatable bonds is 3. The molecule has 1 aromatic rings. The molecule has 1 N–H and O–H groups in total. The van der Waals surface area contributed by atoms with Gasteiger partial charge in [-0.05, 0) is 44.2 Å². The molecule has 0 radical (unpaired) electrons. The molecular weight excluding hydrogens is 222 g/mol. The molecular formula is C16H25NO. The first kappa shape index (κ1) is 13.6. The Balaban J connectivity index is 2.08. The van der Waals surface area contributed by atoms with E-state index in [0.717, 1.165) is 37.9 Å². The fraction of sp³-hybridized carbons (Fsp3) is 0.625. The van der Waals surface area contributed by atoms with Crippen molar-refractivity contribution in [3.63, 3.8) is 0 Å². The van der Waals surface area contributed by atoms with E-state index in [1.54, 1.807) is 0 Å². The smallest absolute Gasteiger partial charge is 0.0920 e. The molecule has 2 rings (SSSR count). The van der Waals surface area contributed by atoms with E-state index in [0.29, 0.717) is 6.04 Å². The summed E-state index contributed by atoms with van der Waals surface area (Å²) in [5.74, 6) is 0. The van der Waals surface area contributed by atoms with Gasteiger partial charge in [-0.15, -0.1) is 0 Å². The van der Waals surface area contributed by atoms with Gasteiger partial charge in [0.05, 0.1) is 5.60 Å². The van der Waals surface area contributed by atoms with Crippen molar-refractivity contribution >= 4 is 0 Å². The van der Waals surface area contributed by atoms with Crippen molar-refractivity contribution in [2.75, 3.05) is 13.1 Å². The average Bonchev–Trinajstić information content (AvgIpc) is 2.39. The lowest BCUT2D eigenvalue weighted by atomic mass is 9.83. The third-order valence-electron chi connectivity index (χ3n) is 4.26. The molecule has 0 unspecified atom stereocenters. The summed E-state index contributed by atoms with van der Waals surface area (Å²) in [6.07, 6.45) is 2.74. The summed E-state index contributed by atoms with van der Waals surface area (Å²) in [4.78, 5) is 2.44. The highest BCUT2D eigenvalue weighted by atomic mass is 16.3. The zero-order valence-corrected chi connectivity index (χ0v) is 11.8. The summed E-state index contributed by atoms with van der Waals surface area (Å²) in [5, 5.41) is 10.8. The van der Waals surface area contributed by atoms with Gasteiger partial charge in [0.1, 0.15) is 0 Å². The van der Waals surface area contributed by atoms with E-state index in [1.807, 2.05) is 0 Å². The molecule has 1 heterocycles. The quantitative estimate of drug-likeness (QED) is 0.887. The van der Waals surface area contributed by atoms with Gasteiger partial charge in [-0.3, -0.25) is 0 Å². The Hall–Kier alpha value is -0.860. The van der Waals surface area contributed by atoms with Gasteiger partial charge in [0.15, 0.2) is 0 Å². The van der Waals surface area contributed by atoms with Gasteiger partial charge in [-0.2, -0.15) is 0 Å². The molecule has 1 aromatic carbocycles. The van der Waals surface area contributed by atoms with Crippen molar-refractivity contribution in [1.82, 2.24) is 4.90 Å². The highest BCUT2D eigenvalue weighted by molar-refractivity contribution is 5.27. The number of hydrogen-bond donors (Lipinski definition) is 1. The van der Waals surface area contributed by atoms with E-state index in [1.165, 1.54) is 5.56 Å². The van der Waals surface area contributed by atoms with Crippen molar-refractivity contribution < 1.29 is 5.11 Å². The van der Waals surface area contributed by atoms with Gasteiger partial charge in [0, 0.05) is 19.1 Å². The molecule has 1 aliphatic heterocycles. The van der Waals surface area contributed by atoms with Crippen LogP contribution >= 0.6 is 0 Å². The van der Waals surface area contributed by atoms with Crippen LogP contribution in [-0.4, -0.2) is 29.1 Å². The molecule has 0 amide bonds. The van der Waals surface area contributed by atoms with Crippen molar-refractivity contribution in [3.8, 4) is 0 Å². The van der Waals surface area contributed by atoms with Crippen LogP contribution in [0.2, 0.25) is 0 Å². The van der Waals surface area contributed by atoms with E-state index in [2.05, 4.69) is 49.9 Å². The van der Waals surface area contributed by atoms with Gasteiger partial charge < -0.3 is 10.0 Å². The summed E-state index contributed by atoms with van der Waals surface area (Å²) in [5.41, 5.74) is 1.81. The van der Waals surface area contributed by atoms with Crippen LogP contribution in [0.3, 0.4) is 0 Å². The first-order valence-electron chi connectivity index (χ1n) is 7.11. The standard InChI is InChI=1S/C16H25NO/c1-4-14-5-7-15(8-6-14)16(18)9-11-17(12-10-16)13(2)3/h5-8,13,18H,4,9-12H2,1-3H3. The minimum atomic E-state index is -0.613. The van der Waals surface area contributed by atoms with Gasteiger partial charge >= 0.3 is 0 Å². The lowest BCUT2D eigenvalue weighted by Crippen LogP contribution is -2.45. The van der Waals surface area contributed by atoms with E-state index >= 15 is 0 Å². The summed E-state index contributed by atoms with van der Waals surface area (Å²) >= 11 is 0. The SMILES string of the molecule is CCc1ccc(C2(O)CCN(C(C)C)CC2)cc1. The topological polar surface area (TPSA) is 23.5 Å². The zero-order chi connectivity index (χ0) is 13.2. The van der Waals surface area contributed by atoms with Gasteiger partial charge in [-0.1, -0.05) is 31.2 Å². The van der Waals surface area contributed by atoms with E-state index in [4.69, 9.17) is 0 Å². The molecule has 1 saturated heterocycles. The minimum absolute atomic E-state index is 0.581. The second kappa shape index (κ2) is 5.41. The molecule has 2 heteroatoms. The molecule has 0 aliphatic carbocycles. The predicted octanol–water partition coefficient (Wildman–Crippen LogP) is 2.94. The van der Waals surface area contributed by atoms with Crippen molar-refractivity contribution in [2.24, 2.45) is 0 Å². The average molecular weight is 247 g/mol. The number of nitrogens with zero attached hydrogens (tertiary/aromatic N) is 1. The first-order valence-corrected chi connectivity index (χ1v) is 7.11. The highest BCUT2D eigenvalue weighted by Crippen LogP contribution is 2.33. The van der Waals surface area contributed by atoms with Crippen molar-refractivity contribution in [2.45, 2.75) is 51.7 Å². The fourth-order valence-electron chi connectivity index (χ4n) is 2.75. The van der Waals surface area contributed by atoms with E-state index in [9.17, 15) is 5.11 Å². The number of aryl methyl sites for hydroxylation is 1. The highest BCUT2D eigenvalue weighted by Gasteiger charge is 2.34. The molecule has 2 nitrogen and oxygen atoms in total. The van der Waals surface area contributed by atoms with Crippen LogP contribution in [0.5, 0.6) is 0 Å². The maximum atomic E-state index is 10.8. The normalized spacial score (nSPS) is 20.3. The predicted molar refractivity (Wildman–Crippen MR) is 75.7 cm³/mol. The lowest BCUT2D eigenvalue weighted by molar-refractivity contribution is -0.0323. The second-order valence-electron chi connectivity index (χ2n) is 5.71. The Morgan fingerprint density at radius 3 is 2.17 bits per heavy atom. The number of hydrogen-bond acceptors (Lipinski definition) is 2. The summed E-state index contributed by atoms with van der Waals surface area (Å²) in [7, 11) is 0. The minimum Gasteiger partial charge on any atom is -0.385 e. The van der Waals surface area contributed by atoms with Crippen LogP contribution in [0.1, 0.15) is 44.7 Å². The van der Waals surface area contributed by atoms with Crippen LogP contribution in [-0.2, 0) is 12.0 Å². The van der Waals surface area contributed by atoms with E-state index in [-0.39, 0.29) is 0 Å². The Kier molecular flexibility index (Phi) is 4.08. The van der Waals surface area contributed by atoms with Crippen LogP contribution in [0.15, 0.2) is 24.3 Å². The van der Waals surface area contributed by atoms with Crippen LogP contribution in [0.4, 0.5) is 0 Å². The lowest BCUT2D eigenvalue weighted by Gasteiger charge is -2.40. The maximum Gasteiger partial charge on any atom is 0.0920 e. The van der Waals surface area contributed by atoms with Crippen molar-refractivity contribution in [1.29, 1.82) is 0 Å². The molecule has 0 saturated carbocycles. The van der Waals surface area contributed by atoms with Gasteiger partial charge in [0.2, 0.25) is 0 Å². The Morgan fingerprint density at radius 1 is 1.17 bits per heavy atom. The molecule has 0 spiro atoms. The molecule has 1 aliphatic rings. The molecule has 0 atom stereocenters. The maximum absolute atomic E-state index is 10.8. The largest absolute Gasteiger partial charge is 0.385 e.